The molecule has 0 aromatic heterocycles. The molecule has 21 heavy (non-hydrogen) atoms. The SMILES string of the molecule is O=C1C=CC(=O)N1c1cc(C(Br)(Br)Br)cc(C(Br)(Br)Br)c1. The van der Waals surface area contributed by atoms with E-state index in [0.29, 0.717) is 5.69 Å². The summed E-state index contributed by atoms with van der Waals surface area (Å²) >= 11 is 20.7. The van der Waals surface area contributed by atoms with Crippen LogP contribution in [0.2, 0.25) is 0 Å². The summed E-state index contributed by atoms with van der Waals surface area (Å²) < 4.78 is -1.34. The van der Waals surface area contributed by atoms with E-state index in [-0.39, 0.29) is 11.8 Å². The normalized spacial score (nSPS) is 16.0. The molecule has 0 unspecified atom stereocenters. The number of nitrogens with zero attached hydrogens (tertiary/aromatic N) is 1. The minimum Gasteiger partial charge on any atom is -0.269 e. The van der Waals surface area contributed by atoms with E-state index in [1.165, 1.54) is 12.2 Å². The van der Waals surface area contributed by atoms with Gasteiger partial charge in [-0.3, -0.25) is 9.59 Å². The summed E-state index contributed by atoms with van der Waals surface area (Å²) in [6.07, 6.45) is 2.50. The Morgan fingerprint density at radius 2 is 1.10 bits per heavy atom. The number of rotatable bonds is 1. The molecule has 0 saturated heterocycles. The topological polar surface area (TPSA) is 37.4 Å². The number of hydrogen-bond acceptors (Lipinski definition) is 2. The number of benzene rings is 1. The van der Waals surface area contributed by atoms with Gasteiger partial charge in [0.25, 0.3) is 11.8 Å². The first-order valence-corrected chi connectivity index (χ1v) is 10.1. The Labute approximate surface area is 171 Å². The van der Waals surface area contributed by atoms with Gasteiger partial charge >= 0.3 is 0 Å². The molecule has 0 bridgehead atoms. The molecule has 2 rings (SSSR count). The fourth-order valence-electron chi connectivity index (χ4n) is 1.72. The molecule has 0 radical (unpaired) electrons. The number of amides is 2. The minimum atomic E-state index is -0.671. The van der Waals surface area contributed by atoms with Gasteiger partial charge in [0.15, 0.2) is 4.29 Å². The number of anilines is 1. The molecule has 0 fully saturated rings. The second kappa shape index (κ2) is 6.47. The third-order valence-corrected chi connectivity index (χ3v) is 5.39. The Kier molecular flexibility index (Phi) is 5.64. The molecule has 1 aromatic carbocycles. The van der Waals surface area contributed by atoms with Gasteiger partial charge in [0.1, 0.15) is 0 Å². The molecule has 1 aliphatic rings. The van der Waals surface area contributed by atoms with Gasteiger partial charge in [0, 0.05) is 12.2 Å². The standard InChI is InChI=1S/C12H5Br6NO2/c13-11(14,15)6-3-7(12(16,17)18)5-8(4-6)19-9(20)1-2-10(19)21/h1-5H. The first kappa shape index (κ1) is 18.3. The van der Waals surface area contributed by atoms with Crippen LogP contribution >= 0.6 is 95.6 Å². The van der Waals surface area contributed by atoms with Crippen LogP contribution in [0.5, 0.6) is 0 Å². The maximum Gasteiger partial charge on any atom is 0.258 e. The van der Waals surface area contributed by atoms with Crippen molar-refractivity contribution in [2.24, 2.45) is 0 Å². The van der Waals surface area contributed by atoms with Crippen LogP contribution in [0.15, 0.2) is 30.4 Å². The molecule has 2 amide bonds. The van der Waals surface area contributed by atoms with Crippen molar-refractivity contribution >= 4 is 113 Å². The lowest BCUT2D eigenvalue weighted by Gasteiger charge is -2.23. The van der Waals surface area contributed by atoms with Gasteiger partial charge in [-0.15, -0.1) is 0 Å². The van der Waals surface area contributed by atoms with Crippen LogP contribution in [0, 0.1) is 0 Å². The van der Waals surface area contributed by atoms with Crippen molar-refractivity contribution in [2.75, 3.05) is 4.90 Å². The third-order valence-electron chi connectivity index (χ3n) is 2.64. The number of halogens is 6. The molecular formula is C12H5Br6NO2. The monoisotopic (exact) mass is 669 g/mol. The van der Waals surface area contributed by atoms with Gasteiger partial charge in [-0.2, -0.15) is 0 Å². The van der Waals surface area contributed by atoms with Crippen LogP contribution in [0.1, 0.15) is 11.1 Å². The van der Waals surface area contributed by atoms with Gasteiger partial charge < -0.3 is 0 Å². The van der Waals surface area contributed by atoms with Crippen molar-refractivity contribution in [1.29, 1.82) is 0 Å². The zero-order chi connectivity index (χ0) is 16.0. The molecular weight excluding hydrogens is 670 g/mol. The van der Waals surface area contributed by atoms with Crippen LogP contribution in [0.25, 0.3) is 0 Å². The van der Waals surface area contributed by atoms with E-state index in [2.05, 4.69) is 95.6 Å². The van der Waals surface area contributed by atoms with E-state index in [1.54, 1.807) is 12.1 Å². The van der Waals surface area contributed by atoms with Crippen LogP contribution < -0.4 is 4.90 Å². The van der Waals surface area contributed by atoms with E-state index >= 15 is 0 Å². The zero-order valence-electron chi connectivity index (χ0n) is 9.92. The summed E-state index contributed by atoms with van der Waals surface area (Å²) in [6.45, 7) is 0. The summed E-state index contributed by atoms with van der Waals surface area (Å²) in [6, 6.07) is 5.37. The minimum absolute atomic E-state index is 0.364. The van der Waals surface area contributed by atoms with Crippen molar-refractivity contribution in [3.05, 3.63) is 41.5 Å². The van der Waals surface area contributed by atoms with Crippen molar-refractivity contribution in [3.63, 3.8) is 0 Å². The van der Waals surface area contributed by atoms with E-state index in [9.17, 15) is 9.59 Å². The van der Waals surface area contributed by atoms with E-state index in [1.807, 2.05) is 6.07 Å². The van der Waals surface area contributed by atoms with Gasteiger partial charge in [-0.25, -0.2) is 4.90 Å². The molecule has 0 atom stereocenters. The Bertz CT molecular complexity index is 594. The van der Waals surface area contributed by atoms with Gasteiger partial charge in [-0.1, -0.05) is 95.6 Å². The first-order chi connectivity index (χ1) is 9.50. The molecule has 0 saturated carbocycles. The predicted octanol–water partition coefficient (Wildman–Crippen LogP) is 5.71. The second-order valence-electron chi connectivity index (χ2n) is 4.11. The van der Waals surface area contributed by atoms with Crippen molar-refractivity contribution < 1.29 is 9.59 Å². The Hall–Kier alpha value is 0.980. The number of carbonyl (C=O) groups is 2. The fraction of sp³-hybridized carbons (Fsp3) is 0.167. The van der Waals surface area contributed by atoms with Crippen LogP contribution in [0.4, 0.5) is 5.69 Å². The van der Waals surface area contributed by atoms with E-state index < -0.39 is 4.29 Å². The number of carbonyl (C=O) groups excluding carboxylic acids is 2. The second-order valence-corrected chi connectivity index (χ2v) is 17.6. The molecule has 0 aliphatic carbocycles. The summed E-state index contributed by atoms with van der Waals surface area (Å²) in [5.41, 5.74) is 2.04. The number of hydrogen-bond donors (Lipinski definition) is 0. The van der Waals surface area contributed by atoms with Gasteiger partial charge in [-0.05, 0) is 29.3 Å². The maximum absolute atomic E-state index is 11.9. The quantitative estimate of drug-likeness (QED) is 0.283. The highest BCUT2D eigenvalue weighted by atomic mass is 80.0. The molecule has 1 aliphatic heterocycles. The lowest BCUT2D eigenvalue weighted by Crippen LogP contribution is -2.30. The highest BCUT2D eigenvalue weighted by molar-refractivity contribution is 9.39. The Morgan fingerprint density at radius 1 is 0.714 bits per heavy atom. The fourth-order valence-corrected chi connectivity index (χ4v) is 3.10. The highest BCUT2D eigenvalue weighted by Gasteiger charge is 2.31. The van der Waals surface area contributed by atoms with Crippen LogP contribution in [-0.2, 0) is 13.9 Å². The number of imide groups is 1. The van der Waals surface area contributed by atoms with Gasteiger partial charge in [0.05, 0.1) is 5.69 Å². The lowest BCUT2D eigenvalue weighted by atomic mass is 10.1. The molecule has 112 valence electrons. The lowest BCUT2D eigenvalue weighted by molar-refractivity contribution is -0.119. The van der Waals surface area contributed by atoms with E-state index in [0.717, 1.165) is 16.0 Å². The Morgan fingerprint density at radius 3 is 1.43 bits per heavy atom. The van der Waals surface area contributed by atoms with Gasteiger partial charge in [0.2, 0.25) is 0 Å². The first-order valence-electron chi connectivity index (χ1n) is 5.36. The zero-order valence-corrected chi connectivity index (χ0v) is 19.4. The third kappa shape index (κ3) is 4.29. The summed E-state index contributed by atoms with van der Waals surface area (Å²) in [5.74, 6) is -0.728. The molecule has 1 aromatic rings. The molecule has 0 N–H and O–H groups in total. The smallest absolute Gasteiger partial charge is 0.258 e. The number of alkyl halides is 6. The average Bonchev–Trinajstić information content (AvgIpc) is 2.66. The summed E-state index contributed by atoms with van der Waals surface area (Å²) in [4.78, 5) is 24.8. The predicted molar refractivity (Wildman–Crippen MR) is 105 cm³/mol. The largest absolute Gasteiger partial charge is 0.269 e. The maximum atomic E-state index is 11.9. The summed E-state index contributed by atoms with van der Waals surface area (Å²) in [5, 5.41) is 0. The van der Waals surface area contributed by atoms with Crippen molar-refractivity contribution in [2.45, 2.75) is 4.29 Å². The highest BCUT2D eigenvalue weighted by Crippen LogP contribution is 2.50. The molecule has 1 heterocycles. The van der Waals surface area contributed by atoms with E-state index in [4.69, 9.17) is 0 Å². The molecule has 0 spiro atoms. The van der Waals surface area contributed by atoms with Crippen LogP contribution in [0.3, 0.4) is 0 Å². The molecule has 3 nitrogen and oxygen atoms in total. The average molecular weight is 675 g/mol. The summed E-state index contributed by atoms with van der Waals surface area (Å²) in [7, 11) is 0. The molecule has 9 heteroatoms. The van der Waals surface area contributed by atoms with Crippen molar-refractivity contribution in [1.82, 2.24) is 0 Å². The van der Waals surface area contributed by atoms with Crippen LogP contribution in [-0.4, -0.2) is 11.8 Å². The Balaban J connectivity index is 2.61. The van der Waals surface area contributed by atoms with Crippen molar-refractivity contribution in [3.8, 4) is 0 Å².